The van der Waals surface area contributed by atoms with Crippen LogP contribution in [0, 0.1) is 6.92 Å². The Balaban J connectivity index is 1.56. The maximum Gasteiger partial charge on any atom is 0.188 e. The van der Waals surface area contributed by atoms with E-state index in [1.807, 2.05) is 48.1 Å². The molecule has 0 saturated heterocycles. The lowest BCUT2D eigenvalue weighted by Gasteiger charge is -2.04. The van der Waals surface area contributed by atoms with Crippen molar-refractivity contribution in [2.45, 2.75) is 19.9 Å². The van der Waals surface area contributed by atoms with E-state index in [1.54, 1.807) is 11.3 Å². The zero-order valence-electron chi connectivity index (χ0n) is 13.6. The Morgan fingerprint density at radius 3 is 2.83 bits per heavy atom. The van der Waals surface area contributed by atoms with E-state index < -0.39 is 0 Å². The quantitative estimate of drug-likeness (QED) is 0.536. The molecule has 0 bridgehead atoms. The van der Waals surface area contributed by atoms with E-state index >= 15 is 0 Å². The van der Waals surface area contributed by atoms with Gasteiger partial charge in [0, 0.05) is 23.2 Å². The van der Waals surface area contributed by atoms with E-state index in [4.69, 9.17) is 5.73 Å². The molecule has 2 heterocycles. The molecule has 24 heavy (non-hydrogen) atoms. The summed E-state index contributed by atoms with van der Waals surface area (Å²) in [6.07, 6.45) is 2.96. The van der Waals surface area contributed by atoms with E-state index in [2.05, 4.69) is 32.9 Å². The Labute approximate surface area is 145 Å². The Kier molecular flexibility index (Phi) is 5.28. The number of nitrogens with one attached hydrogen (secondary N) is 1. The number of para-hydroxylation sites is 1. The fourth-order valence-electron chi connectivity index (χ4n) is 2.36. The smallest absolute Gasteiger partial charge is 0.188 e. The van der Waals surface area contributed by atoms with Crippen molar-refractivity contribution in [1.82, 2.24) is 15.1 Å². The van der Waals surface area contributed by atoms with Crippen molar-refractivity contribution in [3.63, 3.8) is 0 Å². The summed E-state index contributed by atoms with van der Waals surface area (Å²) >= 11 is 1.76. The SMILES string of the molecule is Cc1nn(-c2ccccc2)cc1CN=C(N)NCCc1cccs1. The van der Waals surface area contributed by atoms with Gasteiger partial charge in [-0.1, -0.05) is 24.3 Å². The van der Waals surface area contributed by atoms with Crippen LogP contribution in [0.2, 0.25) is 0 Å². The van der Waals surface area contributed by atoms with Crippen molar-refractivity contribution in [1.29, 1.82) is 0 Å². The summed E-state index contributed by atoms with van der Waals surface area (Å²) in [5.74, 6) is 0.471. The van der Waals surface area contributed by atoms with E-state index in [1.165, 1.54) is 4.88 Å². The van der Waals surface area contributed by atoms with Gasteiger partial charge in [-0.2, -0.15) is 5.10 Å². The minimum absolute atomic E-state index is 0.471. The van der Waals surface area contributed by atoms with Crippen molar-refractivity contribution in [2.75, 3.05) is 6.54 Å². The van der Waals surface area contributed by atoms with Crippen LogP contribution in [0.3, 0.4) is 0 Å². The lowest BCUT2D eigenvalue weighted by Crippen LogP contribution is -2.33. The second-order valence-corrected chi connectivity index (χ2v) is 6.51. The molecular formula is C18H21N5S. The van der Waals surface area contributed by atoms with Gasteiger partial charge in [-0.05, 0) is 36.9 Å². The number of thiophene rings is 1. The summed E-state index contributed by atoms with van der Waals surface area (Å²) in [5.41, 5.74) is 9.02. The van der Waals surface area contributed by atoms with Gasteiger partial charge in [0.2, 0.25) is 0 Å². The number of nitrogens with two attached hydrogens (primary N) is 1. The lowest BCUT2D eigenvalue weighted by molar-refractivity contribution is 0.856. The van der Waals surface area contributed by atoms with Gasteiger partial charge >= 0.3 is 0 Å². The van der Waals surface area contributed by atoms with Crippen molar-refractivity contribution in [3.8, 4) is 5.69 Å². The fraction of sp³-hybridized carbons (Fsp3) is 0.222. The van der Waals surface area contributed by atoms with Crippen LogP contribution < -0.4 is 11.1 Å². The molecule has 0 aliphatic heterocycles. The van der Waals surface area contributed by atoms with Crippen LogP contribution in [0.1, 0.15) is 16.1 Å². The average molecular weight is 339 g/mol. The molecule has 0 radical (unpaired) electrons. The molecule has 1 aromatic carbocycles. The minimum Gasteiger partial charge on any atom is -0.370 e. The Morgan fingerprint density at radius 2 is 2.08 bits per heavy atom. The monoisotopic (exact) mass is 339 g/mol. The van der Waals surface area contributed by atoms with Crippen molar-refractivity contribution >= 4 is 17.3 Å². The number of aryl methyl sites for hydroxylation is 1. The number of hydrogen-bond acceptors (Lipinski definition) is 3. The minimum atomic E-state index is 0.471. The number of hydrogen-bond donors (Lipinski definition) is 2. The summed E-state index contributed by atoms with van der Waals surface area (Å²) in [7, 11) is 0. The molecule has 0 saturated carbocycles. The van der Waals surface area contributed by atoms with E-state index in [0.717, 1.165) is 29.9 Å². The number of rotatable bonds is 6. The van der Waals surface area contributed by atoms with E-state index in [0.29, 0.717) is 12.5 Å². The molecule has 0 amide bonds. The van der Waals surface area contributed by atoms with Gasteiger partial charge in [-0.3, -0.25) is 0 Å². The second kappa shape index (κ2) is 7.79. The van der Waals surface area contributed by atoms with Crippen molar-refractivity contribution in [3.05, 3.63) is 70.2 Å². The van der Waals surface area contributed by atoms with Crippen LogP contribution in [0.5, 0.6) is 0 Å². The van der Waals surface area contributed by atoms with Gasteiger partial charge in [-0.25, -0.2) is 9.67 Å². The van der Waals surface area contributed by atoms with Crippen LogP contribution in [0.25, 0.3) is 5.69 Å². The number of aliphatic imine (C=N–C) groups is 1. The third-order valence-electron chi connectivity index (χ3n) is 3.70. The van der Waals surface area contributed by atoms with Crippen LogP contribution in [-0.2, 0) is 13.0 Å². The highest BCUT2D eigenvalue weighted by Gasteiger charge is 2.06. The van der Waals surface area contributed by atoms with E-state index in [9.17, 15) is 0 Å². The first-order valence-corrected chi connectivity index (χ1v) is 8.77. The summed E-state index contributed by atoms with van der Waals surface area (Å²) in [4.78, 5) is 5.76. The first-order chi connectivity index (χ1) is 11.7. The Morgan fingerprint density at radius 1 is 1.25 bits per heavy atom. The molecule has 0 aliphatic rings. The van der Waals surface area contributed by atoms with Crippen LogP contribution >= 0.6 is 11.3 Å². The molecule has 0 atom stereocenters. The molecule has 6 heteroatoms. The molecule has 0 fully saturated rings. The molecule has 3 rings (SSSR count). The highest BCUT2D eigenvalue weighted by atomic mass is 32.1. The number of benzene rings is 1. The molecule has 0 unspecified atom stereocenters. The Bertz CT molecular complexity index is 790. The highest BCUT2D eigenvalue weighted by Crippen LogP contribution is 2.12. The van der Waals surface area contributed by atoms with Gasteiger partial charge in [-0.15, -0.1) is 11.3 Å². The molecule has 124 valence electrons. The van der Waals surface area contributed by atoms with Gasteiger partial charge in [0.15, 0.2) is 5.96 Å². The lowest BCUT2D eigenvalue weighted by atomic mass is 10.3. The summed E-state index contributed by atoms with van der Waals surface area (Å²) < 4.78 is 1.88. The molecule has 3 aromatic rings. The molecule has 0 aliphatic carbocycles. The fourth-order valence-corrected chi connectivity index (χ4v) is 3.07. The number of aromatic nitrogens is 2. The molecule has 3 N–H and O–H groups in total. The van der Waals surface area contributed by atoms with Gasteiger partial charge in [0.1, 0.15) is 0 Å². The first-order valence-electron chi connectivity index (χ1n) is 7.89. The Hall–Kier alpha value is -2.60. The highest BCUT2D eigenvalue weighted by molar-refractivity contribution is 7.09. The first kappa shape index (κ1) is 16.3. The standard InChI is InChI=1S/C18H21N5S/c1-14-15(13-23(22-14)16-6-3-2-4-7-16)12-21-18(19)20-10-9-17-8-5-11-24-17/h2-8,11,13H,9-10,12H2,1H3,(H3,19,20,21). The molecule has 2 aromatic heterocycles. The normalized spacial score (nSPS) is 11.6. The maximum atomic E-state index is 5.94. The van der Waals surface area contributed by atoms with Gasteiger partial charge in [0.25, 0.3) is 0 Å². The summed E-state index contributed by atoms with van der Waals surface area (Å²) in [5, 5.41) is 9.78. The average Bonchev–Trinajstić information content (AvgIpc) is 3.24. The largest absolute Gasteiger partial charge is 0.370 e. The molecular weight excluding hydrogens is 318 g/mol. The molecule has 5 nitrogen and oxygen atoms in total. The maximum absolute atomic E-state index is 5.94. The van der Waals surface area contributed by atoms with E-state index in [-0.39, 0.29) is 0 Å². The predicted octanol–water partition coefficient (Wildman–Crippen LogP) is 2.89. The number of guanidine groups is 1. The molecule has 0 spiro atoms. The van der Waals surface area contributed by atoms with Crippen molar-refractivity contribution < 1.29 is 0 Å². The topological polar surface area (TPSA) is 68.2 Å². The third-order valence-corrected chi connectivity index (χ3v) is 4.63. The zero-order valence-corrected chi connectivity index (χ0v) is 14.5. The summed E-state index contributed by atoms with van der Waals surface area (Å²) in [6.45, 7) is 3.30. The summed E-state index contributed by atoms with van der Waals surface area (Å²) in [6, 6.07) is 14.2. The third kappa shape index (κ3) is 4.23. The number of nitrogens with zero attached hydrogens (tertiary/aromatic N) is 3. The van der Waals surface area contributed by atoms with Crippen LogP contribution in [0.4, 0.5) is 0 Å². The zero-order chi connectivity index (χ0) is 16.8. The van der Waals surface area contributed by atoms with Crippen molar-refractivity contribution in [2.24, 2.45) is 10.7 Å². The van der Waals surface area contributed by atoms with Crippen LogP contribution in [0.15, 0.2) is 59.0 Å². The second-order valence-electron chi connectivity index (χ2n) is 5.48. The predicted molar refractivity (Wildman–Crippen MR) is 99.7 cm³/mol. The van der Waals surface area contributed by atoms with Crippen LogP contribution in [-0.4, -0.2) is 22.3 Å². The van der Waals surface area contributed by atoms with Gasteiger partial charge in [0.05, 0.1) is 17.9 Å². The van der Waals surface area contributed by atoms with Gasteiger partial charge < -0.3 is 11.1 Å².